The fourth-order valence-electron chi connectivity index (χ4n) is 3.69. The molecule has 0 aliphatic rings. The maximum absolute atomic E-state index is 3.03. The SMILES string of the molecule is Cc1cc(C)cc(P(c2cc(C)cc(C)c2)c2cc(C)cc(C)c2)c1.[Br][Co][Br]. The molecular formula is C24H27Br2CoP. The molecule has 4 heteroatoms. The van der Waals surface area contributed by atoms with Crippen molar-refractivity contribution in [3.63, 3.8) is 0 Å². The van der Waals surface area contributed by atoms with Gasteiger partial charge in [0.25, 0.3) is 0 Å². The van der Waals surface area contributed by atoms with Crippen LogP contribution in [0.2, 0.25) is 0 Å². The van der Waals surface area contributed by atoms with Crippen molar-refractivity contribution in [2.45, 2.75) is 41.5 Å². The van der Waals surface area contributed by atoms with Crippen LogP contribution in [0.4, 0.5) is 0 Å². The van der Waals surface area contributed by atoms with Crippen LogP contribution in [0.25, 0.3) is 0 Å². The van der Waals surface area contributed by atoms with Crippen molar-refractivity contribution < 1.29 is 11.1 Å². The summed E-state index contributed by atoms with van der Waals surface area (Å²) in [5, 5.41) is 4.34. The van der Waals surface area contributed by atoms with Gasteiger partial charge in [0.05, 0.1) is 0 Å². The number of benzene rings is 3. The summed E-state index contributed by atoms with van der Waals surface area (Å²) >= 11 is 7.12. The van der Waals surface area contributed by atoms with Gasteiger partial charge in [0.1, 0.15) is 0 Å². The normalized spacial score (nSPS) is 10.8. The minimum absolute atomic E-state index is 0.543. The molecule has 0 bridgehead atoms. The molecule has 0 saturated heterocycles. The molecular weight excluding hydrogens is 538 g/mol. The fourth-order valence-corrected chi connectivity index (χ4v) is 6.58. The molecule has 0 nitrogen and oxygen atoms in total. The van der Waals surface area contributed by atoms with Crippen LogP contribution >= 0.6 is 36.3 Å². The van der Waals surface area contributed by atoms with Crippen LogP contribution in [-0.4, -0.2) is 0 Å². The van der Waals surface area contributed by atoms with Crippen LogP contribution in [0.15, 0.2) is 54.6 Å². The van der Waals surface area contributed by atoms with E-state index >= 15 is 0 Å². The van der Waals surface area contributed by atoms with Crippen molar-refractivity contribution in [2.75, 3.05) is 0 Å². The molecule has 0 N–H and O–H groups in total. The van der Waals surface area contributed by atoms with Crippen LogP contribution in [-0.2, 0) is 11.1 Å². The van der Waals surface area contributed by atoms with Crippen LogP contribution in [0.1, 0.15) is 33.4 Å². The van der Waals surface area contributed by atoms with E-state index in [2.05, 4.69) is 124 Å². The first-order chi connectivity index (χ1) is 13.2. The Morgan fingerprint density at radius 1 is 0.464 bits per heavy atom. The third kappa shape index (κ3) is 6.81. The summed E-state index contributed by atoms with van der Waals surface area (Å²) in [6, 6.07) is 21.0. The zero-order chi connectivity index (χ0) is 20.8. The number of rotatable bonds is 3. The van der Waals surface area contributed by atoms with Gasteiger partial charge in [-0.25, -0.2) is 0 Å². The van der Waals surface area contributed by atoms with E-state index in [1.54, 1.807) is 0 Å². The summed E-state index contributed by atoms with van der Waals surface area (Å²) in [6.07, 6.45) is 0. The molecule has 0 fully saturated rings. The molecule has 3 aromatic rings. The second kappa shape index (κ2) is 11.1. The van der Waals surface area contributed by atoms with Crippen LogP contribution in [0, 0.1) is 41.5 Å². The average molecular weight is 565 g/mol. The van der Waals surface area contributed by atoms with Crippen molar-refractivity contribution in [2.24, 2.45) is 0 Å². The molecule has 0 heterocycles. The van der Waals surface area contributed by atoms with E-state index in [-0.39, 0.29) is 0 Å². The van der Waals surface area contributed by atoms with E-state index in [0.29, 0.717) is 0 Å². The van der Waals surface area contributed by atoms with Gasteiger partial charge >= 0.3 is 39.5 Å². The van der Waals surface area contributed by atoms with Gasteiger partial charge in [-0.3, -0.25) is 0 Å². The van der Waals surface area contributed by atoms with Gasteiger partial charge in [-0.2, -0.15) is 0 Å². The Hall–Kier alpha value is -0.444. The van der Waals surface area contributed by atoms with Crippen molar-refractivity contribution in [3.8, 4) is 0 Å². The molecule has 0 spiro atoms. The van der Waals surface area contributed by atoms with Crippen LogP contribution in [0.3, 0.4) is 0 Å². The van der Waals surface area contributed by atoms with Gasteiger partial charge < -0.3 is 0 Å². The summed E-state index contributed by atoms with van der Waals surface area (Å²) in [5.41, 5.74) is 8.06. The Labute approximate surface area is 191 Å². The molecule has 0 amide bonds. The number of halogens is 2. The zero-order valence-electron chi connectivity index (χ0n) is 17.2. The summed E-state index contributed by atoms with van der Waals surface area (Å²) < 4.78 is 0. The van der Waals surface area contributed by atoms with Crippen molar-refractivity contribution in [1.82, 2.24) is 0 Å². The van der Waals surface area contributed by atoms with Gasteiger partial charge in [-0.15, -0.1) is 0 Å². The predicted molar refractivity (Wildman–Crippen MR) is 131 cm³/mol. The van der Waals surface area contributed by atoms with Crippen molar-refractivity contribution in [1.29, 1.82) is 0 Å². The average Bonchev–Trinajstić information content (AvgIpc) is 2.53. The third-order valence-electron chi connectivity index (χ3n) is 4.39. The molecule has 0 aliphatic heterocycles. The number of aryl methyl sites for hydroxylation is 6. The molecule has 0 atom stereocenters. The van der Waals surface area contributed by atoms with Gasteiger partial charge in [0.2, 0.25) is 0 Å². The van der Waals surface area contributed by atoms with E-state index in [1.165, 1.54) is 49.3 Å². The Morgan fingerprint density at radius 3 is 0.821 bits per heavy atom. The van der Waals surface area contributed by atoms with Crippen LogP contribution < -0.4 is 15.9 Å². The van der Waals surface area contributed by atoms with Crippen molar-refractivity contribution >= 4 is 52.2 Å². The summed E-state index contributed by atoms with van der Waals surface area (Å²) in [4.78, 5) is 0. The van der Waals surface area contributed by atoms with Gasteiger partial charge in [0, 0.05) is 0 Å². The standard InChI is InChI=1S/C24H27P.2BrH.Co/c1-16-7-17(2)11-22(10-16)25(23-12-18(3)8-19(4)13-23)24-14-20(5)9-21(6)15-24;;;/h7-15H,1-6H3;2*1H;/q;;;+2/p-2. The Bertz CT molecular complexity index is 770. The molecule has 151 valence electrons. The first kappa shape index (κ1) is 23.8. The van der Waals surface area contributed by atoms with Crippen molar-refractivity contribution in [3.05, 3.63) is 88.0 Å². The third-order valence-corrected chi connectivity index (χ3v) is 6.72. The van der Waals surface area contributed by atoms with E-state index in [4.69, 9.17) is 0 Å². The van der Waals surface area contributed by atoms with E-state index in [9.17, 15) is 0 Å². The number of hydrogen-bond donors (Lipinski definition) is 0. The molecule has 0 radical (unpaired) electrons. The second-order valence-electron chi connectivity index (χ2n) is 7.42. The van der Waals surface area contributed by atoms with E-state index in [0.717, 1.165) is 11.1 Å². The Balaban J connectivity index is 0.000000878. The predicted octanol–water partition coefficient (Wildman–Crippen LogP) is 6.98. The Kier molecular flexibility index (Phi) is 9.43. The first-order valence-corrected chi connectivity index (χ1v) is 15.6. The van der Waals surface area contributed by atoms with Gasteiger partial charge in [-0.05, 0) is 65.4 Å². The minimum atomic E-state index is -0.543. The second-order valence-corrected chi connectivity index (χ2v) is 14.9. The first-order valence-electron chi connectivity index (χ1n) is 9.12. The maximum atomic E-state index is 3.03. The van der Waals surface area contributed by atoms with Gasteiger partial charge in [-0.1, -0.05) is 88.0 Å². The number of hydrogen-bond acceptors (Lipinski definition) is 0. The summed E-state index contributed by atoms with van der Waals surface area (Å²) in [7, 11) is -0.543. The molecule has 0 aromatic heterocycles. The molecule has 3 rings (SSSR count). The van der Waals surface area contributed by atoms with Crippen LogP contribution in [0.5, 0.6) is 0 Å². The Morgan fingerprint density at radius 2 is 0.643 bits per heavy atom. The molecule has 3 aromatic carbocycles. The molecule has 0 aliphatic carbocycles. The van der Waals surface area contributed by atoms with Gasteiger partial charge in [0.15, 0.2) is 0 Å². The topological polar surface area (TPSA) is 0 Å². The monoisotopic (exact) mass is 563 g/mol. The summed E-state index contributed by atoms with van der Waals surface area (Å²) in [5.74, 6) is 0. The summed E-state index contributed by atoms with van der Waals surface area (Å²) in [6.45, 7) is 13.2. The molecule has 0 unspecified atom stereocenters. The fraction of sp³-hybridized carbons (Fsp3) is 0.250. The zero-order valence-corrected chi connectivity index (χ0v) is 22.3. The van der Waals surface area contributed by atoms with E-state index in [1.807, 2.05) is 0 Å². The van der Waals surface area contributed by atoms with E-state index < -0.39 is 7.92 Å². The quantitative estimate of drug-likeness (QED) is 0.301. The molecule has 0 saturated carbocycles. The molecule has 28 heavy (non-hydrogen) atoms.